The number of anilines is 1. The highest BCUT2D eigenvalue weighted by Gasteiger charge is 2.34. The SMILES string of the molecule is [2H]C([2H])([2H])c1ccc(-c2ccn3nc(N)nc3c2)c(F)c1C(=O)NC[C@H](F)[C@](C)(O)c1ccc(F)cc1. The van der Waals surface area contributed by atoms with Gasteiger partial charge in [-0.15, -0.1) is 5.10 Å². The Hall–Kier alpha value is -3.92. The van der Waals surface area contributed by atoms with Crippen LogP contribution in [0.1, 0.15) is 32.5 Å². The lowest BCUT2D eigenvalue weighted by Gasteiger charge is -2.28. The molecule has 176 valence electrons. The van der Waals surface area contributed by atoms with Gasteiger partial charge < -0.3 is 16.2 Å². The van der Waals surface area contributed by atoms with Gasteiger partial charge in [0.05, 0.1) is 12.1 Å². The summed E-state index contributed by atoms with van der Waals surface area (Å²) >= 11 is 0. The molecule has 10 heteroatoms. The molecule has 2 aromatic heterocycles. The Balaban J connectivity index is 1.66. The molecule has 0 radical (unpaired) electrons. The number of halogens is 3. The summed E-state index contributed by atoms with van der Waals surface area (Å²) in [6, 6.07) is 9.73. The Bertz CT molecular complexity index is 1470. The Labute approximate surface area is 197 Å². The maximum atomic E-state index is 15.7. The zero-order chi connectivity index (χ0) is 27.1. The van der Waals surface area contributed by atoms with Crippen molar-refractivity contribution in [3.05, 3.63) is 83.1 Å². The van der Waals surface area contributed by atoms with Crippen LogP contribution in [0.4, 0.5) is 19.1 Å². The van der Waals surface area contributed by atoms with Crippen LogP contribution >= 0.6 is 0 Å². The Morgan fingerprint density at radius 2 is 2.00 bits per heavy atom. The zero-order valence-electron chi connectivity index (χ0n) is 20.9. The summed E-state index contributed by atoms with van der Waals surface area (Å²) in [5, 5.41) is 16.7. The molecule has 2 aromatic carbocycles. The molecule has 1 amide bonds. The molecule has 0 fully saturated rings. The summed E-state index contributed by atoms with van der Waals surface area (Å²) in [5.41, 5.74) is 2.62. The van der Waals surface area contributed by atoms with Crippen LogP contribution in [0.2, 0.25) is 0 Å². The fraction of sp³-hybridized carbons (Fsp3) is 0.208. The number of carbonyl (C=O) groups is 1. The summed E-state index contributed by atoms with van der Waals surface area (Å²) in [4.78, 5) is 17.0. The van der Waals surface area contributed by atoms with E-state index in [0.717, 1.165) is 25.1 Å². The number of aryl methyl sites for hydroxylation is 1. The first kappa shape index (κ1) is 19.5. The van der Waals surface area contributed by atoms with Gasteiger partial charge in [-0.1, -0.05) is 24.3 Å². The average molecular weight is 472 g/mol. The molecule has 0 spiro atoms. The lowest BCUT2D eigenvalue weighted by atomic mass is 9.91. The number of nitrogens with zero attached hydrogens (tertiary/aromatic N) is 3. The van der Waals surface area contributed by atoms with E-state index in [0.29, 0.717) is 5.65 Å². The van der Waals surface area contributed by atoms with E-state index >= 15 is 4.39 Å². The van der Waals surface area contributed by atoms with Crippen molar-refractivity contribution in [2.75, 3.05) is 12.3 Å². The monoisotopic (exact) mass is 472 g/mol. The zero-order valence-corrected chi connectivity index (χ0v) is 17.9. The topological polar surface area (TPSA) is 106 Å². The third kappa shape index (κ3) is 4.32. The molecular weight excluding hydrogens is 447 g/mol. The van der Waals surface area contributed by atoms with Crippen molar-refractivity contribution in [1.29, 1.82) is 0 Å². The highest BCUT2D eigenvalue weighted by atomic mass is 19.1. The van der Waals surface area contributed by atoms with Gasteiger partial charge in [-0.05, 0) is 54.7 Å². The minimum absolute atomic E-state index is 0.00673. The molecule has 4 aromatic rings. The second-order valence-electron chi connectivity index (χ2n) is 7.87. The van der Waals surface area contributed by atoms with Gasteiger partial charge in [-0.25, -0.2) is 17.7 Å². The number of hydrogen-bond donors (Lipinski definition) is 3. The van der Waals surface area contributed by atoms with Crippen molar-refractivity contribution in [3.63, 3.8) is 0 Å². The van der Waals surface area contributed by atoms with Crippen LogP contribution in [0, 0.1) is 18.5 Å². The number of aromatic nitrogens is 3. The Morgan fingerprint density at radius 3 is 2.71 bits per heavy atom. The minimum Gasteiger partial charge on any atom is -0.382 e. The maximum absolute atomic E-state index is 15.7. The van der Waals surface area contributed by atoms with E-state index in [1.165, 1.54) is 41.0 Å². The van der Waals surface area contributed by atoms with Gasteiger partial charge in [0.15, 0.2) is 5.65 Å². The number of rotatable bonds is 6. The number of benzene rings is 2. The number of amides is 1. The number of aliphatic hydroxyl groups is 1. The summed E-state index contributed by atoms with van der Waals surface area (Å²) in [7, 11) is 0. The predicted octanol–water partition coefficient (Wildman–Crippen LogP) is 3.54. The molecule has 0 aliphatic heterocycles. The van der Waals surface area contributed by atoms with Gasteiger partial charge in [0.1, 0.15) is 23.4 Å². The number of nitrogens with one attached hydrogen (secondary N) is 1. The van der Waals surface area contributed by atoms with Crippen molar-refractivity contribution in [1.82, 2.24) is 19.9 Å². The van der Waals surface area contributed by atoms with Gasteiger partial charge in [0.25, 0.3) is 5.91 Å². The van der Waals surface area contributed by atoms with E-state index in [1.807, 2.05) is 0 Å². The van der Waals surface area contributed by atoms with Crippen LogP contribution in [0.5, 0.6) is 0 Å². The second kappa shape index (κ2) is 8.79. The van der Waals surface area contributed by atoms with E-state index in [9.17, 15) is 18.7 Å². The standard InChI is InChI=1S/C24H22F3N5O2/c1-13-3-8-17(14-9-10-32-19(11-14)30-23(28)31-32)21(27)20(13)22(33)29-12-18(26)24(2,34)15-4-6-16(25)7-5-15/h3-11,18,34H,12H2,1-2H3,(H2,28,31)(H,29,33)/t18-,24+/m0/s1/i1D3. The molecule has 0 bridgehead atoms. The second-order valence-corrected chi connectivity index (χ2v) is 7.87. The number of nitrogens with two attached hydrogens (primary N) is 1. The highest BCUT2D eigenvalue weighted by Crippen LogP contribution is 2.29. The lowest BCUT2D eigenvalue weighted by Crippen LogP contribution is -2.42. The average Bonchev–Trinajstić information content (AvgIpc) is 3.20. The maximum Gasteiger partial charge on any atom is 0.254 e. The number of pyridine rings is 1. The number of hydrogen-bond acceptors (Lipinski definition) is 5. The first-order valence-electron chi connectivity index (χ1n) is 11.6. The highest BCUT2D eigenvalue weighted by molar-refractivity contribution is 5.97. The van der Waals surface area contributed by atoms with Crippen LogP contribution < -0.4 is 11.1 Å². The minimum atomic E-state index is -2.85. The molecule has 0 saturated carbocycles. The summed E-state index contributed by atoms with van der Waals surface area (Å²) in [6.45, 7) is -2.50. The van der Waals surface area contributed by atoms with E-state index in [2.05, 4.69) is 15.4 Å². The molecule has 4 rings (SSSR count). The molecule has 2 heterocycles. The lowest BCUT2D eigenvalue weighted by molar-refractivity contribution is -0.0229. The third-order valence-electron chi connectivity index (χ3n) is 5.51. The van der Waals surface area contributed by atoms with Crippen LogP contribution in [-0.2, 0) is 5.60 Å². The summed E-state index contributed by atoms with van der Waals surface area (Å²) in [5.74, 6) is -2.91. The normalized spacial score (nSPS) is 15.7. The van der Waals surface area contributed by atoms with Gasteiger partial charge >= 0.3 is 0 Å². The summed E-state index contributed by atoms with van der Waals surface area (Å²) < 4.78 is 68.5. The van der Waals surface area contributed by atoms with Crippen molar-refractivity contribution in [2.45, 2.75) is 25.5 Å². The fourth-order valence-electron chi connectivity index (χ4n) is 3.52. The number of nitrogen functional groups attached to an aromatic ring is 1. The van der Waals surface area contributed by atoms with Crippen molar-refractivity contribution in [2.24, 2.45) is 0 Å². The molecular formula is C24H22F3N5O2. The molecule has 0 unspecified atom stereocenters. The first-order valence-corrected chi connectivity index (χ1v) is 10.1. The molecule has 34 heavy (non-hydrogen) atoms. The Morgan fingerprint density at radius 1 is 1.26 bits per heavy atom. The number of carbonyl (C=O) groups excluding carboxylic acids is 1. The third-order valence-corrected chi connectivity index (χ3v) is 5.51. The van der Waals surface area contributed by atoms with Gasteiger partial charge in [0.2, 0.25) is 5.95 Å². The molecule has 2 atom stereocenters. The van der Waals surface area contributed by atoms with Crippen molar-refractivity contribution >= 4 is 17.5 Å². The first-order chi connectivity index (χ1) is 17.3. The fourth-order valence-corrected chi connectivity index (χ4v) is 3.52. The molecule has 0 aliphatic carbocycles. The number of fused-ring (bicyclic) bond motifs is 1. The smallest absolute Gasteiger partial charge is 0.254 e. The van der Waals surface area contributed by atoms with E-state index < -0.39 is 53.8 Å². The molecule has 0 saturated heterocycles. The van der Waals surface area contributed by atoms with E-state index in [-0.39, 0.29) is 22.6 Å². The quantitative estimate of drug-likeness (QED) is 0.398. The van der Waals surface area contributed by atoms with Crippen LogP contribution in [0.15, 0.2) is 54.7 Å². The molecule has 7 nitrogen and oxygen atoms in total. The van der Waals surface area contributed by atoms with Gasteiger partial charge in [0, 0.05) is 15.9 Å². The van der Waals surface area contributed by atoms with E-state index in [4.69, 9.17) is 9.85 Å². The van der Waals surface area contributed by atoms with Gasteiger partial charge in [-0.2, -0.15) is 4.98 Å². The summed E-state index contributed by atoms with van der Waals surface area (Å²) in [6.07, 6.45) is -0.624. The number of alkyl halides is 1. The largest absolute Gasteiger partial charge is 0.382 e. The predicted molar refractivity (Wildman–Crippen MR) is 121 cm³/mol. The Kier molecular flexibility index (Phi) is 5.05. The van der Waals surface area contributed by atoms with Crippen LogP contribution in [0.3, 0.4) is 0 Å². The van der Waals surface area contributed by atoms with Gasteiger partial charge in [-0.3, -0.25) is 4.79 Å². The van der Waals surface area contributed by atoms with Crippen molar-refractivity contribution in [3.8, 4) is 11.1 Å². The molecule has 0 aliphatic rings. The van der Waals surface area contributed by atoms with Crippen LogP contribution in [0.25, 0.3) is 16.8 Å². The van der Waals surface area contributed by atoms with E-state index in [1.54, 1.807) is 0 Å². The van der Waals surface area contributed by atoms with Crippen LogP contribution in [-0.4, -0.2) is 38.3 Å². The van der Waals surface area contributed by atoms with Crippen molar-refractivity contribution < 1.29 is 27.2 Å². The molecule has 4 N–H and O–H groups in total.